The van der Waals surface area contributed by atoms with Crippen LogP contribution in [-0.2, 0) is 4.79 Å². The first-order valence-corrected chi connectivity index (χ1v) is 4.88. The molecule has 3 heteroatoms. The van der Waals surface area contributed by atoms with Crippen LogP contribution in [0.2, 0.25) is 0 Å². The van der Waals surface area contributed by atoms with Gasteiger partial charge in [-0.05, 0) is 35.6 Å². The maximum atomic E-state index is 10.9. The summed E-state index contributed by atoms with van der Waals surface area (Å²) in [7, 11) is 0. The first-order chi connectivity index (χ1) is 7.11. The fraction of sp³-hybridized carbons (Fsp3) is 0.0833. The minimum atomic E-state index is -0.455. The van der Waals surface area contributed by atoms with Crippen molar-refractivity contribution in [1.29, 1.82) is 0 Å². The van der Waals surface area contributed by atoms with E-state index < -0.39 is 5.97 Å². The van der Waals surface area contributed by atoms with Crippen LogP contribution in [0.15, 0.2) is 41.8 Å². The SMILES string of the molecule is C=CC(=O)Oc1ccc(/C=C(\C)S)cc1. The molecule has 15 heavy (non-hydrogen) atoms. The minimum absolute atomic E-state index is 0.455. The summed E-state index contributed by atoms with van der Waals surface area (Å²) in [6.07, 6.45) is 3.05. The van der Waals surface area contributed by atoms with Gasteiger partial charge in [-0.1, -0.05) is 18.7 Å². The van der Waals surface area contributed by atoms with Crippen LogP contribution >= 0.6 is 12.6 Å². The Labute approximate surface area is 94.7 Å². The largest absolute Gasteiger partial charge is 0.423 e. The summed E-state index contributed by atoms with van der Waals surface area (Å²) in [5, 5.41) is 0. The molecule has 0 spiro atoms. The van der Waals surface area contributed by atoms with Crippen molar-refractivity contribution in [2.75, 3.05) is 0 Å². The molecule has 0 unspecified atom stereocenters. The van der Waals surface area contributed by atoms with Crippen molar-refractivity contribution in [3.63, 3.8) is 0 Å². The van der Waals surface area contributed by atoms with Gasteiger partial charge in [0.25, 0.3) is 0 Å². The standard InChI is InChI=1S/C12H12O2S/c1-3-12(13)14-11-6-4-10(5-7-11)8-9(2)15/h3-8,15H,1H2,2H3/b9-8+. The highest BCUT2D eigenvalue weighted by molar-refractivity contribution is 7.84. The van der Waals surface area contributed by atoms with Gasteiger partial charge < -0.3 is 4.74 Å². The van der Waals surface area contributed by atoms with E-state index in [1.165, 1.54) is 0 Å². The van der Waals surface area contributed by atoms with Crippen LogP contribution < -0.4 is 4.74 Å². The molecule has 0 aliphatic rings. The number of hydrogen-bond donors (Lipinski definition) is 1. The number of carbonyl (C=O) groups excluding carboxylic acids is 1. The van der Waals surface area contributed by atoms with Crippen molar-refractivity contribution in [3.05, 3.63) is 47.4 Å². The van der Waals surface area contributed by atoms with E-state index in [2.05, 4.69) is 19.2 Å². The number of thiol groups is 1. The molecule has 0 aliphatic carbocycles. The summed E-state index contributed by atoms with van der Waals surface area (Å²) in [5.74, 6) is 0.0533. The van der Waals surface area contributed by atoms with Crippen molar-refractivity contribution in [2.24, 2.45) is 0 Å². The Bertz CT molecular complexity index is 387. The molecule has 1 aromatic carbocycles. The molecule has 0 fully saturated rings. The van der Waals surface area contributed by atoms with Gasteiger partial charge >= 0.3 is 5.97 Å². The highest BCUT2D eigenvalue weighted by atomic mass is 32.1. The zero-order valence-electron chi connectivity index (χ0n) is 8.43. The Kier molecular flexibility index (Phi) is 4.18. The van der Waals surface area contributed by atoms with Gasteiger partial charge in [0.05, 0.1) is 0 Å². The van der Waals surface area contributed by atoms with Gasteiger partial charge in [-0.15, -0.1) is 12.6 Å². The average Bonchev–Trinajstić information content (AvgIpc) is 2.20. The van der Waals surface area contributed by atoms with Gasteiger partial charge in [0.2, 0.25) is 0 Å². The fourth-order valence-electron chi connectivity index (χ4n) is 1.03. The van der Waals surface area contributed by atoms with E-state index in [1.54, 1.807) is 12.1 Å². The lowest BCUT2D eigenvalue weighted by atomic mass is 10.2. The maximum Gasteiger partial charge on any atom is 0.335 e. The number of rotatable bonds is 3. The molecule has 1 rings (SSSR count). The lowest BCUT2D eigenvalue weighted by Gasteiger charge is -2.01. The lowest BCUT2D eigenvalue weighted by molar-refractivity contribution is -0.128. The van der Waals surface area contributed by atoms with Crippen molar-refractivity contribution in [1.82, 2.24) is 0 Å². The van der Waals surface area contributed by atoms with Crippen LogP contribution in [0.25, 0.3) is 6.08 Å². The number of allylic oxidation sites excluding steroid dienone is 1. The molecule has 0 bridgehead atoms. The third-order valence-electron chi connectivity index (χ3n) is 1.64. The monoisotopic (exact) mass is 220 g/mol. The second-order valence-electron chi connectivity index (χ2n) is 2.98. The van der Waals surface area contributed by atoms with E-state index >= 15 is 0 Å². The van der Waals surface area contributed by atoms with Gasteiger partial charge in [-0.25, -0.2) is 4.79 Å². The van der Waals surface area contributed by atoms with Crippen LogP contribution in [0.3, 0.4) is 0 Å². The molecule has 0 saturated heterocycles. The zero-order valence-corrected chi connectivity index (χ0v) is 9.33. The van der Waals surface area contributed by atoms with Gasteiger partial charge in [0.15, 0.2) is 0 Å². The van der Waals surface area contributed by atoms with Gasteiger partial charge in [-0.3, -0.25) is 0 Å². The molecule has 0 saturated carbocycles. The van der Waals surface area contributed by atoms with Gasteiger partial charge in [0.1, 0.15) is 5.75 Å². The highest BCUT2D eigenvalue weighted by Gasteiger charge is 1.98. The summed E-state index contributed by atoms with van der Waals surface area (Å²) in [4.78, 5) is 11.8. The Hall–Kier alpha value is -1.48. The van der Waals surface area contributed by atoms with Crippen molar-refractivity contribution in [3.8, 4) is 5.75 Å². The van der Waals surface area contributed by atoms with E-state index in [0.717, 1.165) is 16.5 Å². The van der Waals surface area contributed by atoms with Crippen molar-refractivity contribution < 1.29 is 9.53 Å². The Morgan fingerprint density at radius 1 is 1.40 bits per heavy atom. The number of hydrogen-bond acceptors (Lipinski definition) is 3. The summed E-state index contributed by atoms with van der Waals surface area (Å²) in [6.45, 7) is 5.22. The summed E-state index contributed by atoms with van der Waals surface area (Å²) < 4.78 is 4.93. The average molecular weight is 220 g/mol. The van der Waals surface area contributed by atoms with Crippen LogP contribution in [-0.4, -0.2) is 5.97 Å². The van der Waals surface area contributed by atoms with Crippen molar-refractivity contribution >= 4 is 24.7 Å². The molecule has 78 valence electrons. The van der Waals surface area contributed by atoms with Crippen LogP contribution in [0.5, 0.6) is 5.75 Å². The van der Waals surface area contributed by atoms with E-state index in [9.17, 15) is 4.79 Å². The normalized spacial score (nSPS) is 10.9. The third-order valence-corrected chi connectivity index (χ3v) is 1.77. The van der Waals surface area contributed by atoms with Gasteiger partial charge in [0, 0.05) is 6.08 Å². The topological polar surface area (TPSA) is 26.3 Å². The first kappa shape index (κ1) is 11.6. The number of benzene rings is 1. The van der Waals surface area contributed by atoms with E-state index in [-0.39, 0.29) is 0 Å². The molecular weight excluding hydrogens is 208 g/mol. The minimum Gasteiger partial charge on any atom is -0.423 e. The smallest absolute Gasteiger partial charge is 0.335 e. The lowest BCUT2D eigenvalue weighted by Crippen LogP contribution is -2.02. The maximum absolute atomic E-state index is 10.9. The molecule has 0 amide bonds. The van der Waals surface area contributed by atoms with E-state index in [0.29, 0.717) is 5.75 Å². The summed E-state index contributed by atoms with van der Waals surface area (Å²) >= 11 is 4.17. The third kappa shape index (κ3) is 4.04. The molecule has 0 aromatic heterocycles. The quantitative estimate of drug-likeness (QED) is 0.367. The Balaban J connectivity index is 2.76. The molecule has 0 N–H and O–H groups in total. The van der Waals surface area contributed by atoms with E-state index in [1.807, 2.05) is 25.1 Å². The molecular formula is C12H12O2S. The number of carbonyl (C=O) groups is 1. The number of esters is 1. The molecule has 2 nitrogen and oxygen atoms in total. The summed E-state index contributed by atoms with van der Waals surface area (Å²) in [5.41, 5.74) is 1.01. The summed E-state index contributed by atoms with van der Waals surface area (Å²) in [6, 6.07) is 7.16. The van der Waals surface area contributed by atoms with E-state index in [4.69, 9.17) is 4.74 Å². The van der Waals surface area contributed by atoms with Crippen molar-refractivity contribution in [2.45, 2.75) is 6.92 Å². The highest BCUT2D eigenvalue weighted by Crippen LogP contribution is 2.15. The van der Waals surface area contributed by atoms with Crippen LogP contribution in [0, 0.1) is 0 Å². The van der Waals surface area contributed by atoms with Crippen LogP contribution in [0.4, 0.5) is 0 Å². The Morgan fingerprint density at radius 2 is 2.00 bits per heavy atom. The Morgan fingerprint density at radius 3 is 2.47 bits per heavy atom. The predicted molar refractivity (Wildman–Crippen MR) is 64.9 cm³/mol. The first-order valence-electron chi connectivity index (χ1n) is 4.43. The number of ether oxygens (including phenoxy) is 1. The molecule has 0 heterocycles. The predicted octanol–water partition coefficient (Wildman–Crippen LogP) is 3.07. The van der Waals surface area contributed by atoms with Crippen LogP contribution in [0.1, 0.15) is 12.5 Å². The molecule has 0 atom stereocenters. The van der Waals surface area contributed by atoms with Gasteiger partial charge in [-0.2, -0.15) is 0 Å². The fourth-order valence-corrected chi connectivity index (χ4v) is 1.18. The molecule has 1 aromatic rings. The molecule has 0 aliphatic heterocycles. The second-order valence-corrected chi connectivity index (χ2v) is 3.69. The molecule has 0 radical (unpaired) electrons. The zero-order chi connectivity index (χ0) is 11.3. The second kappa shape index (κ2) is 5.41.